The molecule has 3 aromatic heterocycles. The van der Waals surface area contributed by atoms with Crippen LogP contribution in [0, 0.1) is 0 Å². The van der Waals surface area contributed by atoms with E-state index in [1.807, 2.05) is 58.9 Å². The predicted molar refractivity (Wildman–Crippen MR) is 123 cm³/mol. The minimum atomic E-state index is -0.329. The smallest absolute Gasteiger partial charge is 0.240 e. The van der Waals surface area contributed by atoms with E-state index in [0.29, 0.717) is 17.5 Å². The van der Waals surface area contributed by atoms with Crippen molar-refractivity contribution in [3.8, 4) is 11.4 Å². The van der Waals surface area contributed by atoms with Crippen molar-refractivity contribution in [2.24, 2.45) is 0 Å². The number of hydrogen-bond donors (Lipinski definition) is 0. The van der Waals surface area contributed by atoms with Gasteiger partial charge in [0.05, 0.1) is 18.1 Å². The first-order chi connectivity index (χ1) is 15.6. The molecule has 1 amide bonds. The molecular weight excluding hydrogens is 422 g/mol. The molecular formula is C24H23N5O2S. The molecule has 0 aliphatic carbocycles. The fourth-order valence-corrected chi connectivity index (χ4v) is 4.99. The second kappa shape index (κ2) is 8.63. The number of aromatic nitrogens is 4. The topological polar surface area (TPSA) is 77.0 Å². The highest BCUT2D eigenvalue weighted by molar-refractivity contribution is 8.00. The van der Waals surface area contributed by atoms with E-state index in [9.17, 15) is 4.79 Å². The normalized spacial score (nSPS) is 16.2. The Balaban J connectivity index is 1.43. The van der Waals surface area contributed by atoms with E-state index < -0.39 is 0 Å². The third-order valence-electron chi connectivity index (χ3n) is 5.61. The SMILES string of the molecule is C[C@@H](Sc1nnc(-c2cccnc2)n1Cc1ccco1)C(=O)N1c2ccccc2C[C@@H]1C. The zero-order valence-electron chi connectivity index (χ0n) is 17.9. The molecule has 1 aromatic carbocycles. The summed E-state index contributed by atoms with van der Waals surface area (Å²) in [6, 6.07) is 15.8. The number of carbonyl (C=O) groups is 1. The summed E-state index contributed by atoms with van der Waals surface area (Å²) >= 11 is 1.42. The number of para-hydroxylation sites is 1. The van der Waals surface area contributed by atoms with Gasteiger partial charge in [-0.3, -0.25) is 14.3 Å². The van der Waals surface area contributed by atoms with Crippen LogP contribution < -0.4 is 4.90 Å². The van der Waals surface area contributed by atoms with Crippen molar-refractivity contribution in [1.82, 2.24) is 19.7 Å². The second-order valence-electron chi connectivity index (χ2n) is 7.86. The Hall–Kier alpha value is -3.39. The van der Waals surface area contributed by atoms with Gasteiger partial charge in [0.25, 0.3) is 0 Å². The first-order valence-corrected chi connectivity index (χ1v) is 11.4. The first-order valence-electron chi connectivity index (χ1n) is 10.6. The van der Waals surface area contributed by atoms with Crippen LogP contribution in [0.1, 0.15) is 25.2 Å². The molecule has 0 unspecified atom stereocenters. The van der Waals surface area contributed by atoms with Gasteiger partial charge in [-0.2, -0.15) is 0 Å². The fourth-order valence-electron chi connectivity index (χ4n) is 4.09. The van der Waals surface area contributed by atoms with Gasteiger partial charge >= 0.3 is 0 Å². The van der Waals surface area contributed by atoms with Crippen molar-refractivity contribution in [3.63, 3.8) is 0 Å². The van der Waals surface area contributed by atoms with E-state index in [1.165, 1.54) is 17.3 Å². The molecule has 0 saturated carbocycles. The summed E-state index contributed by atoms with van der Waals surface area (Å²) < 4.78 is 7.54. The molecule has 2 atom stereocenters. The number of carbonyl (C=O) groups excluding carboxylic acids is 1. The summed E-state index contributed by atoms with van der Waals surface area (Å²) in [5.41, 5.74) is 3.08. The number of amides is 1. The van der Waals surface area contributed by atoms with Crippen LogP contribution >= 0.6 is 11.8 Å². The summed E-state index contributed by atoms with van der Waals surface area (Å²) in [5, 5.41) is 9.17. The summed E-state index contributed by atoms with van der Waals surface area (Å²) in [6.07, 6.45) is 6.00. The Bertz CT molecular complexity index is 1220. The number of pyridine rings is 1. The Morgan fingerprint density at radius 1 is 1.19 bits per heavy atom. The highest BCUT2D eigenvalue weighted by atomic mass is 32.2. The standard InChI is InChI=1S/C24H23N5O2S/c1-16-13-18-7-3-4-10-21(18)29(16)23(30)17(2)32-24-27-26-22(19-8-5-11-25-14-19)28(24)15-20-9-6-12-31-20/h3-12,14,16-17H,13,15H2,1-2H3/t16-,17+/m0/s1. The maximum Gasteiger partial charge on any atom is 0.240 e. The third kappa shape index (κ3) is 3.82. The van der Waals surface area contributed by atoms with Crippen LogP contribution in [0.5, 0.6) is 0 Å². The maximum absolute atomic E-state index is 13.4. The molecule has 4 aromatic rings. The average Bonchev–Trinajstić information content (AvgIpc) is 3.53. The fraction of sp³-hybridized carbons (Fsp3) is 0.250. The number of hydrogen-bond acceptors (Lipinski definition) is 6. The van der Waals surface area contributed by atoms with Gasteiger partial charge in [-0.25, -0.2) is 0 Å². The van der Waals surface area contributed by atoms with Crippen LogP contribution in [0.15, 0.2) is 76.8 Å². The van der Waals surface area contributed by atoms with Gasteiger partial charge in [-0.15, -0.1) is 10.2 Å². The molecule has 0 saturated heterocycles. The van der Waals surface area contributed by atoms with Gasteiger partial charge in [0.2, 0.25) is 5.91 Å². The molecule has 7 nitrogen and oxygen atoms in total. The molecule has 1 aliphatic heterocycles. The van der Waals surface area contributed by atoms with Gasteiger partial charge in [-0.1, -0.05) is 30.0 Å². The summed E-state index contributed by atoms with van der Waals surface area (Å²) in [5.74, 6) is 1.55. The van der Waals surface area contributed by atoms with Crippen molar-refractivity contribution >= 4 is 23.4 Å². The lowest BCUT2D eigenvalue weighted by atomic mass is 10.1. The minimum absolute atomic E-state index is 0.0722. The van der Waals surface area contributed by atoms with Crippen molar-refractivity contribution in [1.29, 1.82) is 0 Å². The monoisotopic (exact) mass is 445 g/mol. The minimum Gasteiger partial charge on any atom is -0.467 e. The third-order valence-corrected chi connectivity index (χ3v) is 6.67. The van der Waals surface area contributed by atoms with Crippen molar-refractivity contribution in [3.05, 3.63) is 78.5 Å². The van der Waals surface area contributed by atoms with Gasteiger partial charge in [0.15, 0.2) is 11.0 Å². The Labute approximate surface area is 190 Å². The quantitative estimate of drug-likeness (QED) is 0.409. The Morgan fingerprint density at radius 3 is 2.84 bits per heavy atom. The summed E-state index contributed by atoms with van der Waals surface area (Å²) in [4.78, 5) is 19.6. The van der Waals surface area contributed by atoms with Gasteiger partial charge < -0.3 is 9.32 Å². The van der Waals surface area contributed by atoms with Crippen LogP contribution in [-0.4, -0.2) is 36.9 Å². The van der Waals surface area contributed by atoms with E-state index in [0.717, 1.165) is 23.4 Å². The highest BCUT2D eigenvalue weighted by Gasteiger charge is 2.34. The van der Waals surface area contributed by atoms with E-state index in [-0.39, 0.29) is 17.2 Å². The summed E-state index contributed by atoms with van der Waals surface area (Å²) in [7, 11) is 0. The maximum atomic E-state index is 13.4. The van der Waals surface area contributed by atoms with Crippen LogP contribution in [0.2, 0.25) is 0 Å². The number of thioether (sulfide) groups is 1. The number of furan rings is 1. The molecule has 5 rings (SSSR count). The van der Waals surface area contributed by atoms with Crippen LogP contribution in [-0.2, 0) is 17.8 Å². The van der Waals surface area contributed by atoms with Crippen molar-refractivity contribution < 1.29 is 9.21 Å². The molecule has 0 bridgehead atoms. The lowest BCUT2D eigenvalue weighted by Crippen LogP contribution is -2.40. The van der Waals surface area contributed by atoms with Crippen LogP contribution in [0.4, 0.5) is 5.69 Å². The highest BCUT2D eigenvalue weighted by Crippen LogP contribution is 2.35. The zero-order chi connectivity index (χ0) is 22.1. The van der Waals surface area contributed by atoms with E-state index >= 15 is 0 Å². The van der Waals surface area contributed by atoms with E-state index in [2.05, 4.69) is 28.2 Å². The molecule has 8 heteroatoms. The Kier molecular flexibility index (Phi) is 5.53. The first kappa shape index (κ1) is 20.5. The molecule has 32 heavy (non-hydrogen) atoms. The molecule has 1 aliphatic rings. The molecule has 0 spiro atoms. The Morgan fingerprint density at radius 2 is 2.06 bits per heavy atom. The number of benzene rings is 1. The van der Waals surface area contributed by atoms with Gasteiger partial charge in [0, 0.05) is 29.7 Å². The second-order valence-corrected chi connectivity index (χ2v) is 9.17. The average molecular weight is 446 g/mol. The van der Waals surface area contributed by atoms with Gasteiger partial charge in [0.1, 0.15) is 5.76 Å². The predicted octanol–water partition coefficient (Wildman–Crippen LogP) is 4.44. The lowest BCUT2D eigenvalue weighted by molar-refractivity contribution is -0.118. The number of anilines is 1. The lowest BCUT2D eigenvalue weighted by Gasteiger charge is -2.25. The van der Waals surface area contributed by atoms with Crippen molar-refractivity contribution in [2.75, 3.05) is 4.90 Å². The van der Waals surface area contributed by atoms with E-state index in [1.54, 1.807) is 18.7 Å². The number of fused-ring (bicyclic) bond motifs is 1. The van der Waals surface area contributed by atoms with Gasteiger partial charge in [-0.05, 0) is 56.2 Å². The molecule has 0 radical (unpaired) electrons. The number of nitrogens with zero attached hydrogens (tertiary/aromatic N) is 5. The molecule has 4 heterocycles. The summed E-state index contributed by atoms with van der Waals surface area (Å²) in [6.45, 7) is 4.49. The zero-order valence-corrected chi connectivity index (χ0v) is 18.7. The van der Waals surface area contributed by atoms with Crippen molar-refractivity contribution in [2.45, 2.75) is 43.3 Å². The number of rotatable bonds is 6. The molecule has 0 fully saturated rings. The van der Waals surface area contributed by atoms with Crippen LogP contribution in [0.25, 0.3) is 11.4 Å². The van der Waals surface area contributed by atoms with Crippen LogP contribution in [0.3, 0.4) is 0 Å². The largest absolute Gasteiger partial charge is 0.467 e. The molecule has 162 valence electrons. The molecule has 0 N–H and O–H groups in total. The van der Waals surface area contributed by atoms with E-state index in [4.69, 9.17) is 4.42 Å².